The van der Waals surface area contributed by atoms with Gasteiger partial charge < -0.3 is 23.7 Å². The number of rotatable bonds is 14. The van der Waals surface area contributed by atoms with Crippen LogP contribution < -0.4 is 19.5 Å². The van der Waals surface area contributed by atoms with E-state index in [0.717, 1.165) is 38.0 Å². The minimum absolute atomic E-state index is 0.146. The minimum Gasteiger partial charge on any atom is -0.496 e. The van der Waals surface area contributed by atoms with E-state index in [9.17, 15) is 9.59 Å². The molecule has 0 amide bonds. The van der Waals surface area contributed by atoms with Crippen LogP contribution >= 0.6 is 23.2 Å². The van der Waals surface area contributed by atoms with Crippen molar-refractivity contribution in [3.8, 4) is 17.2 Å². The van der Waals surface area contributed by atoms with Crippen molar-refractivity contribution in [2.75, 3.05) is 41.0 Å². The molecule has 1 aromatic heterocycles. The van der Waals surface area contributed by atoms with Gasteiger partial charge in [-0.2, -0.15) is 0 Å². The van der Waals surface area contributed by atoms with E-state index < -0.39 is 18.1 Å². The molecule has 4 heterocycles. The molecular weight excluding hydrogens is 693 g/mol. The predicted octanol–water partition coefficient (Wildman–Crippen LogP) is 7.02. The topological polar surface area (TPSA) is 108 Å². The Bertz CT molecular complexity index is 1830. The summed E-state index contributed by atoms with van der Waals surface area (Å²) in [7, 11) is 4.66. The molecule has 268 valence electrons. The first-order valence-corrected chi connectivity index (χ1v) is 17.6. The number of hydrogen-bond acceptors (Lipinski definition) is 10. The van der Waals surface area contributed by atoms with Crippen LogP contribution in [0.4, 0.5) is 0 Å². The van der Waals surface area contributed by atoms with Gasteiger partial charge >= 0.3 is 11.9 Å². The molecule has 2 bridgehead atoms. The lowest BCUT2D eigenvalue weighted by atomic mass is 9.86. The first-order valence-electron chi connectivity index (χ1n) is 16.9. The molecule has 0 aliphatic carbocycles. The number of carbonyl (C=O) groups is 2. The average Bonchev–Trinajstić information content (AvgIpc) is 3.16. The number of nitrogens with zero attached hydrogens (tertiary/aromatic N) is 2. The van der Waals surface area contributed by atoms with Gasteiger partial charge in [0.25, 0.3) is 0 Å². The summed E-state index contributed by atoms with van der Waals surface area (Å²) in [5.41, 5.74) is 3.02. The van der Waals surface area contributed by atoms with Crippen LogP contribution in [0.3, 0.4) is 0 Å². The Morgan fingerprint density at radius 2 is 1.61 bits per heavy atom. The fourth-order valence-corrected chi connectivity index (χ4v) is 7.33. The molecule has 0 spiro atoms. The van der Waals surface area contributed by atoms with Crippen LogP contribution in [-0.4, -0.2) is 68.9 Å². The number of methoxy groups -OCH3 is 3. The Kier molecular flexibility index (Phi) is 12.0. The predicted molar refractivity (Wildman–Crippen MR) is 194 cm³/mol. The van der Waals surface area contributed by atoms with Crippen molar-refractivity contribution in [2.24, 2.45) is 5.92 Å². The number of halogens is 2. The van der Waals surface area contributed by atoms with Gasteiger partial charge in [-0.1, -0.05) is 59.6 Å². The maximum atomic E-state index is 13.8. The Morgan fingerprint density at radius 3 is 2.29 bits per heavy atom. The van der Waals surface area contributed by atoms with Gasteiger partial charge in [-0.25, -0.2) is 9.59 Å². The molecule has 1 unspecified atom stereocenters. The highest BCUT2D eigenvalue weighted by Gasteiger charge is 2.38. The number of aromatic nitrogens is 1. The Balaban J connectivity index is 1.22. The highest BCUT2D eigenvalue weighted by molar-refractivity contribution is 6.35. The number of nitrogens with one attached hydrogen (secondary N) is 1. The standard InChI is InChI=1S/C39H41Cl2N3O7/c1-47-32-10-5-4-9-28(32)37(39(46)51-36-23-44-15-13-25(36)14-16-44)43-20-24-7-6-8-27(17-24)38(45)50-34(19-29-30(40)21-42-22-31(29)41)26-11-12-33(48-2)35(18-26)49-3/h4-12,17-18,21-22,25,34,36-37,43H,13-16,19-20,23H2,1-3H3/t34-,36+,37?/m1/s1. The highest BCUT2D eigenvalue weighted by Crippen LogP contribution is 2.36. The van der Waals surface area contributed by atoms with E-state index in [0.29, 0.717) is 55.5 Å². The van der Waals surface area contributed by atoms with Gasteiger partial charge in [-0.15, -0.1) is 0 Å². The molecule has 3 aliphatic heterocycles. The van der Waals surface area contributed by atoms with Crippen LogP contribution in [-0.2, 0) is 27.2 Å². The van der Waals surface area contributed by atoms with Crippen molar-refractivity contribution in [2.45, 2.75) is 44.1 Å². The molecular formula is C39H41Cl2N3O7. The van der Waals surface area contributed by atoms with E-state index in [-0.39, 0.29) is 25.0 Å². The van der Waals surface area contributed by atoms with E-state index in [4.69, 9.17) is 46.9 Å². The lowest BCUT2D eigenvalue weighted by Crippen LogP contribution is -2.52. The Morgan fingerprint density at radius 1 is 0.882 bits per heavy atom. The van der Waals surface area contributed by atoms with Gasteiger partial charge in [0.05, 0.1) is 36.9 Å². The minimum atomic E-state index is -0.795. The monoisotopic (exact) mass is 733 g/mol. The maximum Gasteiger partial charge on any atom is 0.338 e. The van der Waals surface area contributed by atoms with Gasteiger partial charge in [-0.05, 0) is 78.9 Å². The summed E-state index contributed by atoms with van der Waals surface area (Å²) in [6.45, 7) is 3.11. The van der Waals surface area contributed by atoms with Crippen molar-refractivity contribution in [3.63, 3.8) is 0 Å². The molecule has 3 aliphatic rings. The van der Waals surface area contributed by atoms with Crippen molar-refractivity contribution in [3.05, 3.63) is 117 Å². The summed E-state index contributed by atoms with van der Waals surface area (Å²) in [5.74, 6) is 1.04. The van der Waals surface area contributed by atoms with Gasteiger partial charge in [0.2, 0.25) is 0 Å². The molecule has 51 heavy (non-hydrogen) atoms. The number of fused-ring (bicyclic) bond motifs is 3. The van der Waals surface area contributed by atoms with E-state index in [1.165, 1.54) is 19.5 Å². The van der Waals surface area contributed by atoms with Crippen LogP contribution in [0.1, 0.15) is 57.6 Å². The van der Waals surface area contributed by atoms with E-state index in [2.05, 4.69) is 15.2 Å². The van der Waals surface area contributed by atoms with Gasteiger partial charge in [0.15, 0.2) is 11.5 Å². The lowest BCUT2D eigenvalue weighted by molar-refractivity contribution is -0.161. The van der Waals surface area contributed by atoms with Crippen LogP contribution in [0.25, 0.3) is 0 Å². The van der Waals surface area contributed by atoms with Crippen molar-refractivity contribution >= 4 is 35.1 Å². The first kappa shape index (κ1) is 36.4. The van der Waals surface area contributed by atoms with Crippen LogP contribution in [0.2, 0.25) is 10.0 Å². The number of esters is 2. The van der Waals surface area contributed by atoms with Crippen molar-refractivity contribution in [1.29, 1.82) is 0 Å². The fraction of sp³-hybridized carbons (Fsp3) is 0.359. The first-order chi connectivity index (χ1) is 24.8. The third kappa shape index (κ3) is 8.59. The second-order valence-corrected chi connectivity index (χ2v) is 13.5. The summed E-state index contributed by atoms with van der Waals surface area (Å²) in [6, 6.07) is 19.0. The van der Waals surface area contributed by atoms with E-state index >= 15 is 0 Å². The number of piperidine rings is 3. The van der Waals surface area contributed by atoms with E-state index in [1.807, 2.05) is 30.3 Å². The van der Waals surface area contributed by atoms with Crippen LogP contribution in [0, 0.1) is 5.92 Å². The Labute approximate surface area is 307 Å². The molecule has 0 radical (unpaired) electrons. The molecule has 3 fully saturated rings. The molecule has 7 rings (SSSR count). The van der Waals surface area contributed by atoms with Crippen LogP contribution in [0.5, 0.6) is 17.2 Å². The summed E-state index contributed by atoms with van der Waals surface area (Å²) in [5, 5.41) is 4.09. The second kappa shape index (κ2) is 16.8. The molecule has 3 saturated heterocycles. The van der Waals surface area contributed by atoms with Crippen molar-refractivity contribution < 1.29 is 33.3 Å². The molecule has 4 aromatic rings. The second-order valence-electron chi connectivity index (χ2n) is 12.7. The SMILES string of the molecule is COc1ccc([C@@H](Cc2c(Cl)cncc2Cl)OC(=O)c2cccc(CNC(C(=O)O[C@H]3CN4CCC3CC4)c3ccccc3OC)c2)cc1OC. The quantitative estimate of drug-likeness (QED) is 0.136. The molecule has 1 N–H and O–H groups in total. The summed E-state index contributed by atoms with van der Waals surface area (Å²) in [6.07, 6.45) is 4.31. The molecule has 0 saturated carbocycles. The number of ether oxygens (including phenoxy) is 5. The maximum absolute atomic E-state index is 13.8. The van der Waals surface area contributed by atoms with Gasteiger partial charge in [-0.3, -0.25) is 15.2 Å². The average molecular weight is 735 g/mol. The van der Waals surface area contributed by atoms with E-state index in [1.54, 1.807) is 50.6 Å². The lowest BCUT2D eigenvalue weighted by Gasteiger charge is -2.44. The summed E-state index contributed by atoms with van der Waals surface area (Å²) >= 11 is 13.0. The third-order valence-electron chi connectivity index (χ3n) is 9.59. The normalized spacial score (nSPS) is 19.1. The van der Waals surface area contributed by atoms with Crippen molar-refractivity contribution in [1.82, 2.24) is 15.2 Å². The number of carbonyl (C=O) groups excluding carboxylic acids is 2. The summed E-state index contributed by atoms with van der Waals surface area (Å²) < 4.78 is 28.9. The third-order valence-corrected chi connectivity index (χ3v) is 10.2. The Hall–Kier alpha value is -4.35. The molecule has 3 aromatic carbocycles. The molecule has 10 nitrogen and oxygen atoms in total. The molecule has 3 atom stereocenters. The zero-order valence-electron chi connectivity index (χ0n) is 28.8. The van der Waals surface area contributed by atoms with Crippen LogP contribution in [0.15, 0.2) is 79.1 Å². The summed E-state index contributed by atoms with van der Waals surface area (Å²) in [4.78, 5) is 34.0. The molecule has 12 heteroatoms. The zero-order valence-corrected chi connectivity index (χ0v) is 30.3. The number of pyridine rings is 1. The smallest absolute Gasteiger partial charge is 0.338 e. The number of para-hydroxylation sites is 1. The largest absolute Gasteiger partial charge is 0.496 e. The zero-order chi connectivity index (χ0) is 35.9. The highest BCUT2D eigenvalue weighted by atomic mass is 35.5. The van der Waals surface area contributed by atoms with Gasteiger partial charge in [0, 0.05) is 37.5 Å². The van der Waals surface area contributed by atoms with Gasteiger partial charge in [0.1, 0.15) is 24.0 Å². The fourth-order valence-electron chi connectivity index (χ4n) is 6.81. The number of benzene rings is 3. The number of hydrogen-bond donors (Lipinski definition) is 1.